The Bertz CT molecular complexity index is 996. The maximum atomic E-state index is 12.7. The highest BCUT2D eigenvalue weighted by Gasteiger charge is 2.42. The molecule has 2 heterocycles. The molecule has 0 unspecified atom stereocenters. The molecule has 0 saturated carbocycles. The third-order valence-corrected chi connectivity index (χ3v) is 4.99. The molecule has 128 valence electrons. The maximum absolute atomic E-state index is 12.7. The first kappa shape index (κ1) is 15.8. The smallest absolute Gasteiger partial charge is 0.311 e. The number of hydrogen-bond donors (Lipinski definition) is 1. The van der Waals surface area contributed by atoms with Crippen LogP contribution in [0.25, 0.3) is 10.9 Å². The van der Waals surface area contributed by atoms with E-state index < -0.39 is 5.92 Å². The summed E-state index contributed by atoms with van der Waals surface area (Å²) >= 11 is 0. The molecule has 0 saturated heterocycles. The van der Waals surface area contributed by atoms with Gasteiger partial charge in [-0.25, -0.2) is 0 Å². The second kappa shape index (κ2) is 5.41. The third kappa shape index (κ3) is 2.69. The van der Waals surface area contributed by atoms with Gasteiger partial charge in [0.25, 0.3) is 5.56 Å². The Morgan fingerprint density at radius 1 is 1.12 bits per heavy atom. The summed E-state index contributed by atoms with van der Waals surface area (Å²) in [7, 11) is 0. The lowest BCUT2D eigenvalue weighted by atomic mass is 9.71. The molecule has 0 amide bonds. The summed E-state index contributed by atoms with van der Waals surface area (Å²) in [4.78, 5) is 40.3. The van der Waals surface area contributed by atoms with E-state index in [1.165, 1.54) is 0 Å². The molecule has 1 aromatic heterocycles. The van der Waals surface area contributed by atoms with Crippen LogP contribution in [0.1, 0.15) is 44.6 Å². The van der Waals surface area contributed by atoms with Gasteiger partial charge in [-0.2, -0.15) is 0 Å². The molecule has 1 aliphatic carbocycles. The number of H-pyrrole nitrogens is 1. The first-order valence-electron chi connectivity index (χ1n) is 8.43. The van der Waals surface area contributed by atoms with Crippen molar-refractivity contribution in [3.8, 4) is 0 Å². The second-order valence-electron chi connectivity index (χ2n) is 7.65. The number of esters is 1. The van der Waals surface area contributed by atoms with Crippen LogP contribution in [0.3, 0.4) is 0 Å². The largest absolute Gasteiger partial charge is 0.431 e. The molecule has 2 aromatic rings. The van der Waals surface area contributed by atoms with E-state index in [9.17, 15) is 14.4 Å². The van der Waals surface area contributed by atoms with Crippen molar-refractivity contribution in [2.24, 2.45) is 5.41 Å². The van der Waals surface area contributed by atoms with Gasteiger partial charge in [-0.1, -0.05) is 32.0 Å². The molecule has 0 bridgehead atoms. The first-order valence-corrected chi connectivity index (χ1v) is 8.43. The average molecular weight is 337 g/mol. The number of carbonyl (C=O) groups is 2. The summed E-state index contributed by atoms with van der Waals surface area (Å²) < 4.78 is 5.38. The summed E-state index contributed by atoms with van der Waals surface area (Å²) in [6, 6.07) is 9.25. The zero-order valence-electron chi connectivity index (χ0n) is 14.2. The number of ether oxygens (including phenoxy) is 1. The van der Waals surface area contributed by atoms with Crippen molar-refractivity contribution in [3.63, 3.8) is 0 Å². The lowest BCUT2D eigenvalue weighted by Gasteiger charge is -2.36. The van der Waals surface area contributed by atoms with Crippen LogP contribution in [-0.2, 0) is 14.3 Å². The Balaban J connectivity index is 1.90. The van der Waals surface area contributed by atoms with E-state index in [-0.39, 0.29) is 29.1 Å². The molecule has 0 radical (unpaired) electrons. The standard InChI is InChI=1S/C20H19NO4/c1-20(2)9-15(22)18-12(8-17(23)25-16(18)10-20)13-7-11-5-3-4-6-14(11)21-19(13)24/h3-7,12H,8-10H2,1-2H3,(H,21,24)/t12-/m1/s1. The molecule has 5 nitrogen and oxygen atoms in total. The molecular formula is C20H19NO4. The molecule has 0 fully saturated rings. The number of hydrogen-bond acceptors (Lipinski definition) is 4. The number of aromatic nitrogens is 1. The number of Topliss-reactive ketones (excluding diaryl/α,β-unsaturated/α-hetero) is 1. The van der Waals surface area contributed by atoms with Crippen molar-refractivity contribution < 1.29 is 14.3 Å². The van der Waals surface area contributed by atoms with E-state index >= 15 is 0 Å². The Morgan fingerprint density at radius 2 is 1.88 bits per heavy atom. The minimum Gasteiger partial charge on any atom is -0.431 e. The van der Waals surface area contributed by atoms with E-state index in [0.29, 0.717) is 29.7 Å². The van der Waals surface area contributed by atoms with Crippen molar-refractivity contribution in [1.82, 2.24) is 4.98 Å². The molecule has 1 aliphatic heterocycles. The number of para-hydroxylation sites is 1. The quantitative estimate of drug-likeness (QED) is 0.811. The minimum absolute atomic E-state index is 0.0203. The van der Waals surface area contributed by atoms with Gasteiger partial charge in [0, 0.05) is 35.4 Å². The van der Waals surface area contributed by atoms with Crippen LogP contribution in [0, 0.1) is 5.41 Å². The summed E-state index contributed by atoms with van der Waals surface area (Å²) in [5.41, 5.74) is 1.19. The number of aromatic amines is 1. The van der Waals surface area contributed by atoms with Crippen LogP contribution in [0.2, 0.25) is 0 Å². The Hall–Kier alpha value is -2.69. The van der Waals surface area contributed by atoms with Gasteiger partial charge in [-0.05, 0) is 22.9 Å². The SMILES string of the molecule is CC1(C)CC(=O)C2=C(C1)OC(=O)C[C@@H]2c1cc2ccccc2[nH]c1=O. The number of ketones is 1. The van der Waals surface area contributed by atoms with Gasteiger partial charge in [0.15, 0.2) is 5.78 Å². The van der Waals surface area contributed by atoms with Gasteiger partial charge in [0.05, 0.1) is 6.42 Å². The molecular weight excluding hydrogens is 318 g/mol. The van der Waals surface area contributed by atoms with Gasteiger partial charge in [-0.3, -0.25) is 14.4 Å². The van der Waals surface area contributed by atoms with Crippen LogP contribution in [-0.4, -0.2) is 16.7 Å². The summed E-state index contributed by atoms with van der Waals surface area (Å²) in [5.74, 6) is -0.513. The number of nitrogens with one attached hydrogen (secondary N) is 1. The van der Waals surface area contributed by atoms with Gasteiger partial charge in [0.1, 0.15) is 5.76 Å². The predicted octanol–water partition coefficient (Wildman–Crippen LogP) is 3.20. The van der Waals surface area contributed by atoms with E-state index in [0.717, 1.165) is 10.9 Å². The van der Waals surface area contributed by atoms with E-state index in [2.05, 4.69) is 4.98 Å². The molecule has 1 N–H and O–H groups in total. The van der Waals surface area contributed by atoms with Gasteiger partial charge >= 0.3 is 5.97 Å². The third-order valence-electron chi connectivity index (χ3n) is 4.99. The zero-order valence-corrected chi connectivity index (χ0v) is 14.2. The predicted molar refractivity (Wildman–Crippen MR) is 93.1 cm³/mol. The molecule has 5 heteroatoms. The fourth-order valence-electron chi connectivity index (χ4n) is 3.89. The fraction of sp³-hybridized carbons (Fsp3) is 0.350. The molecule has 4 rings (SSSR count). The fourth-order valence-corrected chi connectivity index (χ4v) is 3.89. The highest BCUT2D eigenvalue weighted by molar-refractivity contribution is 6.00. The molecule has 1 aromatic carbocycles. The van der Waals surface area contributed by atoms with Crippen LogP contribution in [0.4, 0.5) is 0 Å². The second-order valence-corrected chi connectivity index (χ2v) is 7.65. The lowest BCUT2D eigenvalue weighted by molar-refractivity contribution is -0.142. The van der Waals surface area contributed by atoms with Crippen LogP contribution in [0.5, 0.6) is 0 Å². The monoisotopic (exact) mass is 337 g/mol. The number of rotatable bonds is 1. The summed E-state index contributed by atoms with van der Waals surface area (Å²) in [6.45, 7) is 3.96. The topological polar surface area (TPSA) is 76.2 Å². The highest BCUT2D eigenvalue weighted by Crippen LogP contribution is 2.45. The molecule has 1 atom stereocenters. The molecule has 25 heavy (non-hydrogen) atoms. The van der Waals surface area contributed by atoms with Crippen molar-refractivity contribution >= 4 is 22.7 Å². The van der Waals surface area contributed by atoms with Crippen LogP contribution < -0.4 is 5.56 Å². The first-order chi connectivity index (χ1) is 11.8. The summed E-state index contributed by atoms with van der Waals surface area (Å²) in [5, 5.41) is 0.877. The normalized spacial score (nSPS) is 22.7. The Morgan fingerprint density at radius 3 is 2.68 bits per heavy atom. The van der Waals surface area contributed by atoms with Gasteiger partial charge in [0.2, 0.25) is 0 Å². The van der Waals surface area contributed by atoms with Crippen molar-refractivity contribution in [2.75, 3.05) is 0 Å². The van der Waals surface area contributed by atoms with Crippen molar-refractivity contribution in [3.05, 3.63) is 57.6 Å². The summed E-state index contributed by atoms with van der Waals surface area (Å²) in [6.07, 6.45) is 0.944. The number of carbonyl (C=O) groups excluding carboxylic acids is 2. The Kier molecular flexibility index (Phi) is 3.42. The molecule has 2 aliphatic rings. The number of fused-ring (bicyclic) bond motifs is 1. The van der Waals surface area contributed by atoms with E-state index in [1.54, 1.807) is 6.07 Å². The van der Waals surface area contributed by atoms with E-state index in [4.69, 9.17) is 4.74 Å². The van der Waals surface area contributed by atoms with Gasteiger partial charge in [-0.15, -0.1) is 0 Å². The van der Waals surface area contributed by atoms with Crippen molar-refractivity contribution in [1.29, 1.82) is 0 Å². The number of pyridine rings is 1. The van der Waals surface area contributed by atoms with E-state index in [1.807, 2.05) is 38.1 Å². The molecule has 0 spiro atoms. The number of allylic oxidation sites excluding steroid dienone is 2. The average Bonchev–Trinajstić information content (AvgIpc) is 2.51. The highest BCUT2D eigenvalue weighted by atomic mass is 16.5. The minimum atomic E-state index is -0.534. The Labute approximate surface area is 144 Å². The lowest BCUT2D eigenvalue weighted by Crippen LogP contribution is -2.35. The van der Waals surface area contributed by atoms with Crippen LogP contribution >= 0.6 is 0 Å². The maximum Gasteiger partial charge on any atom is 0.311 e. The number of benzene rings is 1. The van der Waals surface area contributed by atoms with Crippen LogP contribution in [0.15, 0.2) is 46.5 Å². The zero-order chi connectivity index (χ0) is 17.8. The van der Waals surface area contributed by atoms with Crippen molar-refractivity contribution in [2.45, 2.75) is 39.0 Å². The van der Waals surface area contributed by atoms with Gasteiger partial charge < -0.3 is 9.72 Å².